The maximum Gasteiger partial charge on any atom is 0.337 e. The van der Waals surface area contributed by atoms with E-state index in [0.717, 1.165) is 0 Å². The molecule has 28 heavy (non-hydrogen) atoms. The van der Waals surface area contributed by atoms with Crippen molar-refractivity contribution in [2.24, 2.45) is 4.99 Å². The van der Waals surface area contributed by atoms with Crippen LogP contribution in [-0.2, 0) is 0 Å². The summed E-state index contributed by atoms with van der Waals surface area (Å²) >= 11 is 5.94. The zero-order valence-corrected chi connectivity index (χ0v) is 16.2. The molecular weight excluding hydrogens is 382 g/mol. The van der Waals surface area contributed by atoms with Crippen molar-refractivity contribution in [2.75, 3.05) is 7.11 Å². The van der Waals surface area contributed by atoms with E-state index in [0.29, 0.717) is 33.3 Å². The van der Waals surface area contributed by atoms with Gasteiger partial charge < -0.3 is 9.84 Å². The molecule has 0 unspecified atom stereocenters. The number of aromatic carboxylic acids is 1. The van der Waals surface area contributed by atoms with Crippen molar-refractivity contribution in [3.05, 3.63) is 74.2 Å². The number of carboxylic acid groups (broad SMARTS) is 1. The summed E-state index contributed by atoms with van der Waals surface area (Å²) in [6.07, 6.45) is 1.37. The lowest BCUT2D eigenvalue weighted by molar-refractivity contribution is 0.0697. The van der Waals surface area contributed by atoms with Gasteiger partial charge >= 0.3 is 5.97 Å². The van der Waals surface area contributed by atoms with E-state index in [4.69, 9.17) is 16.3 Å². The second kappa shape index (κ2) is 7.74. The third-order valence-corrected chi connectivity index (χ3v) is 4.48. The predicted octanol–water partition coefficient (Wildman–Crippen LogP) is 3.89. The van der Waals surface area contributed by atoms with Gasteiger partial charge in [0.05, 0.1) is 29.6 Å². The number of hydrogen-bond donors (Lipinski definition) is 2. The number of aliphatic imine (C=N–C) groups is 1. The lowest BCUT2D eigenvalue weighted by atomic mass is 10.1. The largest absolute Gasteiger partial charge is 0.497 e. The number of nitrogens with zero attached hydrogens (tertiary/aromatic N) is 2. The first-order chi connectivity index (χ1) is 13.3. The van der Waals surface area contributed by atoms with Gasteiger partial charge in [-0.2, -0.15) is 0 Å². The molecule has 3 aromatic rings. The first-order valence-electron chi connectivity index (χ1n) is 8.35. The van der Waals surface area contributed by atoms with E-state index in [1.807, 2.05) is 0 Å². The van der Waals surface area contributed by atoms with Crippen molar-refractivity contribution in [3.63, 3.8) is 0 Å². The van der Waals surface area contributed by atoms with Gasteiger partial charge in [-0.15, -0.1) is 0 Å². The predicted molar refractivity (Wildman–Crippen MR) is 108 cm³/mol. The van der Waals surface area contributed by atoms with Gasteiger partial charge in [0, 0.05) is 16.9 Å². The number of H-pyrrole nitrogens is 1. The number of aromatic nitrogens is 2. The van der Waals surface area contributed by atoms with Crippen LogP contribution in [0.4, 0.5) is 5.69 Å². The summed E-state index contributed by atoms with van der Waals surface area (Å²) in [6, 6.07) is 9.97. The van der Waals surface area contributed by atoms with Crippen LogP contribution in [0.2, 0.25) is 5.02 Å². The Morgan fingerprint density at radius 3 is 2.54 bits per heavy atom. The van der Waals surface area contributed by atoms with Gasteiger partial charge in [-0.3, -0.25) is 14.9 Å². The number of ether oxygens (including phenoxy) is 1. The fraction of sp³-hybridized carbons (Fsp3) is 0.150. The molecular formula is C20H18ClN3O4. The van der Waals surface area contributed by atoms with Crippen LogP contribution in [-0.4, -0.2) is 34.2 Å². The molecule has 0 spiro atoms. The highest BCUT2D eigenvalue weighted by Crippen LogP contribution is 2.28. The zero-order chi connectivity index (χ0) is 20.4. The third kappa shape index (κ3) is 3.70. The summed E-state index contributed by atoms with van der Waals surface area (Å²) in [5, 5.41) is 12.7. The summed E-state index contributed by atoms with van der Waals surface area (Å²) in [5.41, 5.74) is 2.12. The first-order valence-corrected chi connectivity index (χ1v) is 8.73. The number of aromatic amines is 1. The van der Waals surface area contributed by atoms with Crippen molar-refractivity contribution in [2.45, 2.75) is 13.8 Å². The molecule has 1 heterocycles. The molecule has 0 bridgehead atoms. The van der Waals surface area contributed by atoms with Crippen LogP contribution in [0.1, 0.15) is 27.2 Å². The molecule has 0 aliphatic carbocycles. The van der Waals surface area contributed by atoms with E-state index < -0.39 is 5.97 Å². The second-order valence-corrected chi connectivity index (χ2v) is 6.61. The molecule has 0 amide bonds. The van der Waals surface area contributed by atoms with Crippen molar-refractivity contribution in [1.82, 2.24) is 9.78 Å². The van der Waals surface area contributed by atoms with Crippen LogP contribution in [0.15, 0.2) is 46.2 Å². The van der Waals surface area contributed by atoms with Gasteiger partial charge in [0.25, 0.3) is 5.56 Å². The van der Waals surface area contributed by atoms with Crippen LogP contribution in [0.25, 0.3) is 5.69 Å². The minimum atomic E-state index is -1.14. The van der Waals surface area contributed by atoms with E-state index >= 15 is 0 Å². The molecule has 2 aromatic carbocycles. The number of carbonyl (C=O) groups is 1. The lowest BCUT2D eigenvalue weighted by Crippen LogP contribution is -2.17. The molecule has 0 aliphatic rings. The highest BCUT2D eigenvalue weighted by Gasteiger charge is 2.15. The van der Waals surface area contributed by atoms with Crippen LogP contribution in [0.5, 0.6) is 5.75 Å². The fourth-order valence-electron chi connectivity index (χ4n) is 2.82. The number of nitrogens with one attached hydrogen (secondary N) is 1. The highest BCUT2D eigenvalue weighted by molar-refractivity contribution is 6.31. The molecule has 0 aliphatic heterocycles. The normalized spacial score (nSPS) is 11.1. The Hall–Kier alpha value is -3.32. The first kappa shape index (κ1) is 19.4. The maximum atomic E-state index is 12.8. The van der Waals surface area contributed by atoms with Gasteiger partial charge in [0.15, 0.2) is 0 Å². The van der Waals surface area contributed by atoms with Crippen LogP contribution < -0.4 is 10.3 Å². The summed E-state index contributed by atoms with van der Waals surface area (Å²) in [7, 11) is 1.57. The molecule has 0 fully saturated rings. The molecule has 0 radical (unpaired) electrons. The van der Waals surface area contributed by atoms with Gasteiger partial charge in [-0.05, 0) is 55.8 Å². The minimum absolute atomic E-state index is 0.0232. The fourth-order valence-corrected chi connectivity index (χ4v) is 3.10. The Morgan fingerprint density at radius 2 is 1.93 bits per heavy atom. The van der Waals surface area contributed by atoms with Gasteiger partial charge in [-0.1, -0.05) is 11.6 Å². The van der Waals surface area contributed by atoms with Gasteiger partial charge in [-0.25, -0.2) is 9.48 Å². The number of carboxylic acids is 1. The number of benzene rings is 2. The number of halogens is 1. The Kier molecular flexibility index (Phi) is 5.37. The van der Waals surface area contributed by atoms with Crippen molar-refractivity contribution < 1.29 is 14.6 Å². The smallest absolute Gasteiger partial charge is 0.337 e. The van der Waals surface area contributed by atoms with E-state index in [2.05, 4.69) is 10.1 Å². The number of methoxy groups -OCH3 is 1. The molecule has 144 valence electrons. The molecule has 3 rings (SSSR count). The highest BCUT2D eigenvalue weighted by atomic mass is 35.5. The number of hydrogen-bond acceptors (Lipinski definition) is 4. The van der Waals surface area contributed by atoms with Crippen LogP contribution in [0, 0.1) is 13.8 Å². The van der Waals surface area contributed by atoms with E-state index in [-0.39, 0.29) is 16.8 Å². The molecule has 0 saturated heterocycles. The SMILES string of the molecule is COc1ccc(-n2[nH]c(C)c(C=Nc3c(C)cc(Cl)cc3C(=O)O)c2=O)cc1. The quantitative estimate of drug-likeness (QED) is 0.636. The number of aryl methyl sites for hydroxylation is 2. The monoisotopic (exact) mass is 399 g/mol. The van der Waals surface area contributed by atoms with Crippen LogP contribution >= 0.6 is 11.6 Å². The van der Waals surface area contributed by atoms with Gasteiger partial charge in [0.2, 0.25) is 0 Å². The topological polar surface area (TPSA) is 96.7 Å². The number of rotatable bonds is 5. The summed E-state index contributed by atoms with van der Waals surface area (Å²) in [6.45, 7) is 3.46. The Balaban J connectivity index is 2.04. The second-order valence-electron chi connectivity index (χ2n) is 6.17. The summed E-state index contributed by atoms with van der Waals surface area (Å²) < 4.78 is 6.52. The van der Waals surface area contributed by atoms with Crippen molar-refractivity contribution in [3.8, 4) is 11.4 Å². The standard InChI is InChI=1S/C20H18ClN3O4/c1-11-8-13(21)9-16(20(26)27)18(11)22-10-17-12(2)23-24(19(17)25)14-4-6-15(28-3)7-5-14/h4-10,23H,1-3H3,(H,26,27). The Morgan fingerprint density at radius 1 is 1.25 bits per heavy atom. The zero-order valence-electron chi connectivity index (χ0n) is 15.5. The molecule has 0 atom stereocenters. The van der Waals surface area contributed by atoms with Crippen LogP contribution in [0.3, 0.4) is 0 Å². The van der Waals surface area contributed by atoms with E-state index in [1.54, 1.807) is 51.3 Å². The van der Waals surface area contributed by atoms with E-state index in [1.165, 1.54) is 17.0 Å². The lowest BCUT2D eigenvalue weighted by Gasteiger charge is -2.05. The summed E-state index contributed by atoms with van der Waals surface area (Å²) in [5.74, 6) is -0.458. The molecule has 8 heteroatoms. The Labute approximate surface area is 165 Å². The molecule has 2 N–H and O–H groups in total. The average Bonchev–Trinajstić information content (AvgIpc) is 2.94. The van der Waals surface area contributed by atoms with Crippen molar-refractivity contribution in [1.29, 1.82) is 0 Å². The minimum Gasteiger partial charge on any atom is -0.497 e. The molecule has 7 nitrogen and oxygen atoms in total. The van der Waals surface area contributed by atoms with E-state index in [9.17, 15) is 14.7 Å². The summed E-state index contributed by atoms with van der Waals surface area (Å²) in [4.78, 5) is 28.6. The molecule has 1 aromatic heterocycles. The van der Waals surface area contributed by atoms with Crippen molar-refractivity contribution >= 4 is 29.5 Å². The third-order valence-electron chi connectivity index (χ3n) is 4.27. The van der Waals surface area contributed by atoms with Gasteiger partial charge in [0.1, 0.15) is 5.75 Å². The molecule has 0 saturated carbocycles. The Bertz CT molecular complexity index is 1130. The average molecular weight is 400 g/mol. The maximum absolute atomic E-state index is 12.8.